The van der Waals surface area contributed by atoms with Gasteiger partial charge >= 0.3 is 0 Å². The maximum atomic E-state index is 13.3. The number of hydrogen-bond donors (Lipinski definition) is 1. The van der Waals surface area contributed by atoms with Crippen molar-refractivity contribution in [3.8, 4) is 5.75 Å². The zero-order valence-corrected chi connectivity index (χ0v) is 11.7. The van der Waals surface area contributed by atoms with Gasteiger partial charge in [-0.3, -0.25) is 4.79 Å². The van der Waals surface area contributed by atoms with Crippen molar-refractivity contribution < 1.29 is 13.9 Å². The van der Waals surface area contributed by atoms with Crippen molar-refractivity contribution in [2.75, 3.05) is 12.4 Å². The van der Waals surface area contributed by atoms with E-state index in [9.17, 15) is 9.18 Å². The quantitative estimate of drug-likeness (QED) is 0.883. The second-order valence-corrected chi connectivity index (χ2v) is 4.37. The fourth-order valence-corrected chi connectivity index (χ4v) is 1.69. The zero-order chi connectivity index (χ0) is 14.7. The molecular formula is C12H8Cl2FN3O2. The molecule has 1 heterocycles. The highest BCUT2D eigenvalue weighted by molar-refractivity contribution is 6.43. The van der Waals surface area contributed by atoms with Crippen molar-refractivity contribution in [1.82, 2.24) is 9.97 Å². The normalized spacial score (nSPS) is 10.2. The van der Waals surface area contributed by atoms with Gasteiger partial charge in [0.2, 0.25) is 0 Å². The maximum absolute atomic E-state index is 13.3. The van der Waals surface area contributed by atoms with Crippen molar-refractivity contribution in [2.45, 2.75) is 0 Å². The highest BCUT2D eigenvalue weighted by atomic mass is 35.5. The van der Waals surface area contributed by atoms with Gasteiger partial charge < -0.3 is 10.1 Å². The Bertz CT molecular complexity index is 667. The molecule has 1 N–H and O–H groups in total. The topological polar surface area (TPSA) is 64.1 Å². The molecule has 8 heteroatoms. The number of amides is 1. The van der Waals surface area contributed by atoms with E-state index >= 15 is 0 Å². The third-order valence-corrected chi connectivity index (χ3v) is 3.13. The van der Waals surface area contributed by atoms with E-state index in [1.54, 1.807) is 0 Å². The lowest BCUT2D eigenvalue weighted by molar-refractivity contribution is 0.102. The first-order chi connectivity index (χ1) is 9.52. The second-order valence-electron chi connectivity index (χ2n) is 3.63. The molecule has 2 rings (SSSR count). The van der Waals surface area contributed by atoms with E-state index in [2.05, 4.69) is 15.3 Å². The van der Waals surface area contributed by atoms with Gasteiger partial charge in [-0.2, -0.15) is 0 Å². The Morgan fingerprint density at radius 2 is 2.10 bits per heavy atom. The number of carbonyl (C=O) groups is 1. The summed E-state index contributed by atoms with van der Waals surface area (Å²) in [5.74, 6) is -1.06. The van der Waals surface area contributed by atoms with Crippen LogP contribution >= 0.6 is 23.2 Å². The molecule has 0 atom stereocenters. The molecule has 0 aliphatic rings. The van der Waals surface area contributed by atoms with Gasteiger partial charge in [-0.1, -0.05) is 23.2 Å². The van der Waals surface area contributed by atoms with Crippen LogP contribution in [0.4, 0.5) is 10.2 Å². The lowest BCUT2D eigenvalue weighted by Crippen LogP contribution is -2.14. The third-order valence-electron chi connectivity index (χ3n) is 2.39. The Kier molecular flexibility index (Phi) is 4.36. The molecule has 0 aliphatic heterocycles. The molecule has 0 aliphatic carbocycles. The molecule has 0 radical (unpaired) electrons. The highest BCUT2D eigenvalue weighted by Crippen LogP contribution is 2.26. The Morgan fingerprint density at radius 1 is 1.35 bits per heavy atom. The van der Waals surface area contributed by atoms with Crippen LogP contribution < -0.4 is 10.1 Å². The smallest absolute Gasteiger partial charge is 0.256 e. The number of rotatable bonds is 3. The van der Waals surface area contributed by atoms with Crippen LogP contribution in [-0.2, 0) is 0 Å². The van der Waals surface area contributed by atoms with Crippen LogP contribution in [0, 0.1) is 5.82 Å². The molecule has 0 spiro atoms. The summed E-state index contributed by atoms with van der Waals surface area (Å²) in [7, 11) is 1.31. The van der Waals surface area contributed by atoms with Crippen LogP contribution in [0.3, 0.4) is 0 Å². The number of nitrogens with zero attached hydrogens (tertiary/aromatic N) is 2. The third kappa shape index (κ3) is 2.97. The van der Waals surface area contributed by atoms with Crippen molar-refractivity contribution >= 4 is 34.9 Å². The zero-order valence-electron chi connectivity index (χ0n) is 10.2. The monoisotopic (exact) mass is 315 g/mol. The summed E-state index contributed by atoms with van der Waals surface area (Å²) in [6.45, 7) is 0. The number of benzene rings is 1. The van der Waals surface area contributed by atoms with Gasteiger partial charge in [0.15, 0.2) is 22.5 Å². The molecule has 0 unspecified atom stereocenters. The summed E-state index contributed by atoms with van der Waals surface area (Å²) in [6, 6.07) is 3.70. The molecule has 0 bridgehead atoms. The van der Waals surface area contributed by atoms with E-state index in [-0.39, 0.29) is 27.3 Å². The van der Waals surface area contributed by atoms with Crippen molar-refractivity contribution in [3.05, 3.63) is 46.1 Å². The van der Waals surface area contributed by atoms with Crippen LogP contribution in [0.25, 0.3) is 0 Å². The summed E-state index contributed by atoms with van der Waals surface area (Å²) in [5, 5.41) is 2.50. The first-order valence-corrected chi connectivity index (χ1v) is 6.09. The summed E-state index contributed by atoms with van der Waals surface area (Å²) in [5.41, 5.74) is 0.189. The minimum Gasteiger partial charge on any atom is -0.494 e. The van der Waals surface area contributed by atoms with Gasteiger partial charge in [-0.15, -0.1) is 0 Å². The molecule has 1 aromatic heterocycles. The van der Waals surface area contributed by atoms with Crippen molar-refractivity contribution in [2.24, 2.45) is 0 Å². The first kappa shape index (κ1) is 14.5. The second kappa shape index (κ2) is 6.02. The maximum Gasteiger partial charge on any atom is 0.256 e. The van der Waals surface area contributed by atoms with Crippen LogP contribution in [0.1, 0.15) is 10.4 Å². The van der Waals surface area contributed by atoms with Crippen LogP contribution in [0.5, 0.6) is 5.75 Å². The van der Waals surface area contributed by atoms with Gasteiger partial charge in [0.25, 0.3) is 5.91 Å². The van der Waals surface area contributed by atoms with Crippen LogP contribution in [0.15, 0.2) is 24.5 Å². The van der Waals surface area contributed by atoms with E-state index in [1.165, 1.54) is 19.2 Å². The highest BCUT2D eigenvalue weighted by Gasteiger charge is 2.14. The van der Waals surface area contributed by atoms with E-state index < -0.39 is 11.7 Å². The Morgan fingerprint density at radius 3 is 2.80 bits per heavy atom. The minimum absolute atomic E-state index is 0.0219. The Balaban J connectivity index is 2.26. The van der Waals surface area contributed by atoms with E-state index in [4.69, 9.17) is 27.9 Å². The number of carbonyl (C=O) groups excluding carboxylic acids is 1. The summed E-state index contributed by atoms with van der Waals surface area (Å²) in [6.07, 6.45) is 1.16. The SMILES string of the molecule is COc1cc(C(=O)Nc2ncnc(Cl)c2Cl)ccc1F. The average Bonchev–Trinajstić information content (AvgIpc) is 2.44. The Hall–Kier alpha value is -1.92. The average molecular weight is 316 g/mol. The molecule has 1 amide bonds. The molecule has 0 saturated carbocycles. The fraction of sp³-hybridized carbons (Fsp3) is 0.0833. The minimum atomic E-state index is -0.563. The van der Waals surface area contributed by atoms with Gasteiger partial charge in [0.1, 0.15) is 11.3 Å². The summed E-state index contributed by atoms with van der Waals surface area (Å²) in [4.78, 5) is 19.5. The number of methoxy groups -OCH3 is 1. The summed E-state index contributed by atoms with van der Waals surface area (Å²) < 4.78 is 18.1. The fourth-order valence-electron chi connectivity index (χ4n) is 1.42. The van der Waals surface area contributed by atoms with Crippen molar-refractivity contribution in [1.29, 1.82) is 0 Å². The van der Waals surface area contributed by atoms with E-state index in [0.29, 0.717) is 0 Å². The first-order valence-electron chi connectivity index (χ1n) is 5.34. The lowest BCUT2D eigenvalue weighted by Gasteiger charge is -2.08. The predicted octanol–water partition coefficient (Wildman–Crippen LogP) is 3.18. The number of hydrogen-bond acceptors (Lipinski definition) is 4. The molecule has 0 saturated heterocycles. The van der Waals surface area contributed by atoms with Crippen LogP contribution in [-0.4, -0.2) is 23.0 Å². The predicted molar refractivity (Wildman–Crippen MR) is 73.0 cm³/mol. The molecule has 104 valence electrons. The molecule has 5 nitrogen and oxygen atoms in total. The largest absolute Gasteiger partial charge is 0.494 e. The number of nitrogens with one attached hydrogen (secondary N) is 1. The van der Waals surface area contributed by atoms with Crippen molar-refractivity contribution in [3.63, 3.8) is 0 Å². The van der Waals surface area contributed by atoms with E-state index in [0.717, 1.165) is 12.4 Å². The Labute approximate surface area is 123 Å². The van der Waals surface area contributed by atoms with Crippen LogP contribution in [0.2, 0.25) is 10.2 Å². The molecule has 2 aromatic rings. The van der Waals surface area contributed by atoms with E-state index in [1.807, 2.05) is 0 Å². The lowest BCUT2D eigenvalue weighted by atomic mass is 10.2. The molecular weight excluding hydrogens is 308 g/mol. The standard InChI is InChI=1S/C12H8Cl2FN3O2/c1-20-8-4-6(2-3-7(8)15)12(19)18-11-9(13)10(14)16-5-17-11/h2-5H,1H3,(H,16,17,18,19). The number of anilines is 1. The van der Waals surface area contributed by atoms with Gasteiger partial charge in [0, 0.05) is 5.56 Å². The molecule has 0 fully saturated rings. The van der Waals surface area contributed by atoms with Gasteiger partial charge in [-0.05, 0) is 18.2 Å². The van der Waals surface area contributed by atoms with Gasteiger partial charge in [0.05, 0.1) is 7.11 Å². The number of halogens is 3. The summed E-state index contributed by atoms with van der Waals surface area (Å²) >= 11 is 11.6. The number of aromatic nitrogens is 2. The molecule has 20 heavy (non-hydrogen) atoms. The molecule has 1 aromatic carbocycles. The number of ether oxygens (including phenoxy) is 1. The van der Waals surface area contributed by atoms with Gasteiger partial charge in [-0.25, -0.2) is 14.4 Å².